The Labute approximate surface area is 105 Å². The summed E-state index contributed by atoms with van der Waals surface area (Å²) in [6, 6.07) is 7.12. The Bertz CT molecular complexity index is 495. The number of fused-ring (bicyclic) bond motifs is 1. The molecule has 2 rings (SSSR count). The number of thiophene rings is 1. The summed E-state index contributed by atoms with van der Waals surface area (Å²) in [7, 11) is 4.05. The molecule has 0 atom stereocenters. The van der Waals surface area contributed by atoms with Crippen molar-refractivity contribution in [3.8, 4) is 0 Å². The molecule has 1 aromatic carbocycles. The number of nitrogens with one attached hydrogen (secondary N) is 1. The molecule has 2 nitrogen and oxygen atoms in total. The van der Waals surface area contributed by atoms with E-state index in [0.29, 0.717) is 0 Å². The lowest BCUT2D eigenvalue weighted by atomic mass is 10.2. The Morgan fingerprint density at radius 3 is 2.94 bits per heavy atom. The molecular weight excluding hydrogens is 235 g/mol. The van der Waals surface area contributed by atoms with E-state index in [4.69, 9.17) is 0 Å². The van der Waals surface area contributed by atoms with Gasteiger partial charge in [0.1, 0.15) is 5.82 Å². The van der Waals surface area contributed by atoms with Crippen LogP contribution in [-0.4, -0.2) is 32.1 Å². The van der Waals surface area contributed by atoms with Gasteiger partial charge in [0.15, 0.2) is 0 Å². The Morgan fingerprint density at radius 1 is 1.35 bits per heavy atom. The summed E-state index contributed by atoms with van der Waals surface area (Å²) < 4.78 is 14.1. The molecule has 0 fully saturated rings. The highest BCUT2D eigenvalue weighted by Gasteiger charge is 2.05. The average Bonchev–Trinajstić information content (AvgIpc) is 2.67. The molecule has 1 N–H and O–H groups in total. The largest absolute Gasteiger partial charge is 0.318 e. The third-order valence-electron chi connectivity index (χ3n) is 2.70. The molecule has 0 bridgehead atoms. The van der Waals surface area contributed by atoms with Crippen LogP contribution in [0.25, 0.3) is 10.1 Å². The number of nitrogens with zero attached hydrogens (tertiary/aromatic N) is 1. The first-order chi connectivity index (χ1) is 8.19. The van der Waals surface area contributed by atoms with Crippen LogP contribution in [0, 0.1) is 5.82 Å². The van der Waals surface area contributed by atoms with Gasteiger partial charge in [0.2, 0.25) is 0 Å². The van der Waals surface area contributed by atoms with Gasteiger partial charge in [0.05, 0.1) is 0 Å². The maximum atomic E-state index is 13.1. The molecule has 0 saturated carbocycles. The SMILES string of the molecule is CNCCN(C)Cc1cc2ccc(F)cc2s1. The number of rotatable bonds is 5. The van der Waals surface area contributed by atoms with Gasteiger partial charge in [-0.25, -0.2) is 4.39 Å². The predicted molar refractivity (Wildman–Crippen MR) is 72.0 cm³/mol. The summed E-state index contributed by atoms with van der Waals surface area (Å²) in [4.78, 5) is 3.54. The fourth-order valence-corrected chi connectivity index (χ4v) is 2.96. The average molecular weight is 252 g/mol. The molecule has 0 spiro atoms. The zero-order valence-corrected chi connectivity index (χ0v) is 11.0. The van der Waals surface area contributed by atoms with E-state index in [0.717, 1.165) is 29.7 Å². The van der Waals surface area contributed by atoms with Crippen LogP contribution in [-0.2, 0) is 6.54 Å². The second kappa shape index (κ2) is 5.58. The Morgan fingerprint density at radius 2 is 2.18 bits per heavy atom. The molecule has 0 radical (unpaired) electrons. The van der Waals surface area contributed by atoms with Crippen LogP contribution >= 0.6 is 11.3 Å². The highest BCUT2D eigenvalue weighted by molar-refractivity contribution is 7.19. The van der Waals surface area contributed by atoms with Gasteiger partial charge < -0.3 is 10.2 Å². The van der Waals surface area contributed by atoms with Crippen LogP contribution in [0.5, 0.6) is 0 Å². The molecule has 92 valence electrons. The molecule has 0 amide bonds. The minimum absolute atomic E-state index is 0.158. The van der Waals surface area contributed by atoms with Gasteiger partial charge in [0.25, 0.3) is 0 Å². The number of benzene rings is 1. The lowest BCUT2D eigenvalue weighted by molar-refractivity contribution is 0.331. The summed E-state index contributed by atoms with van der Waals surface area (Å²) in [5, 5.41) is 4.26. The van der Waals surface area contributed by atoms with Gasteiger partial charge in [-0.05, 0) is 37.7 Å². The number of likely N-dealkylation sites (N-methyl/N-ethyl adjacent to an activating group) is 2. The second-order valence-electron chi connectivity index (χ2n) is 4.24. The van der Waals surface area contributed by atoms with Crippen molar-refractivity contribution < 1.29 is 4.39 Å². The molecule has 17 heavy (non-hydrogen) atoms. The molecular formula is C13H17FN2S. The molecule has 0 unspecified atom stereocenters. The van der Waals surface area contributed by atoms with Gasteiger partial charge in [-0.15, -0.1) is 11.3 Å². The smallest absolute Gasteiger partial charge is 0.124 e. The van der Waals surface area contributed by atoms with Crippen LogP contribution in [0.15, 0.2) is 24.3 Å². The van der Waals surface area contributed by atoms with Crippen LogP contribution in [0.3, 0.4) is 0 Å². The summed E-state index contributed by atoms with van der Waals surface area (Å²) >= 11 is 1.67. The van der Waals surface area contributed by atoms with E-state index in [1.54, 1.807) is 17.4 Å². The van der Waals surface area contributed by atoms with Crippen molar-refractivity contribution >= 4 is 21.4 Å². The highest BCUT2D eigenvalue weighted by Crippen LogP contribution is 2.26. The van der Waals surface area contributed by atoms with E-state index in [1.807, 2.05) is 13.1 Å². The monoisotopic (exact) mass is 252 g/mol. The lowest BCUT2D eigenvalue weighted by Crippen LogP contribution is -2.26. The van der Waals surface area contributed by atoms with Crippen LogP contribution in [0.2, 0.25) is 0 Å². The molecule has 2 aromatic rings. The van der Waals surface area contributed by atoms with Crippen molar-refractivity contribution in [1.29, 1.82) is 0 Å². The van der Waals surface area contributed by atoms with Crippen molar-refractivity contribution in [1.82, 2.24) is 10.2 Å². The molecule has 0 aliphatic heterocycles. The normalized spacial score (nSPS) is 11.5. The molecule has 0 aliphatic carbocycles. The zero-order chi connectivity index (χ0) is 12.3. The van der Waals surface area contributed by atoms with Crippen molar-refractivity contribution in [2.75, 3.05) is 27.2 Å². The Kier molecular flexibility index (Phi) is 4.10. The third kappa shape index (κ3) is 3.25. The van der Waals surface area contributed by atoms with Crippen molar-refractivity contribution in [2.45, 2.75) is 6.54 Å². The predicted octanol–water partition coefficient (Wildman–Crippen LogP) is 2.69. The minimum atomic E-state index is -0.158. The summed E-state index contributed by atoms with van der Waals surface area (Å²) in [5.74, 6) is -0.158. The standard InChI is InChI=1S/C13H17FN2S/c1-15-5-6-16(2)9-12-7-10-3-4-11(14)8-13(10)17-12/h3-4,7-8,15H,5-6,9H2,1-2H3. The van der Waals surface area contributed by atoms with E-state index in [2.05, 4.69) is 23.3 Å². The first-order valence-electron chi connectivity index (χ1n) is 5.70. The zero-order valence-electron chi connectivity index (χ0n) is 10.2. The van der Waals surface area contributed by atoms with Crippen molar-refractivity contribution in [3.05, 3.63) is 35.0 Å². The van der Waals surface area contributed by atoms with Crippen molar-refractivity contribution in [2.24, 2.45) is 0 Å². The van der Waals surface area contributed by atoms with Crippen LogP contribution in [0.4, 0.5) is 4.39 Å². The Hall–Kier alpha value is -0.970. The molecule has 0 aliphatic rings. The van der Waals surface area contributed by atoms with Gasteiger partial charge in [-0.1, -0.05) is 6.07 Å². The number of hydrogen-bond donors (Lipinski definition) is 1. The lowest BCUT2D eigenvalue weighted by Gasteiger charge is -2.14. The van der Waals surface area contributed by atoms with Crippen LogP contribution in [0.1, 0.15) is 4.88 Å². The maximum absolute atomic E-state index is 13.1. The molecule has 1 heterocycles. The van der Waals surface area contributed by atoms with E-state index in [-0.39, 0.29) is 5.82 Å². The Balaban J connectivity index is 2.08. The highest BCUT2D eigenvalue weighted by atomic mass is 32.1. The summed E-state index contributed by atoms with van der Waals surface area (Å²) in [6.45, 7) is 2.91. The van der Waals surface area contributed by atoms with Gasteiger partial charge >= 0.3 is 0 Å². The summed E-state index contributed by atoms with van der Waals surface area (Å²) in [6.07, 6.45) is 0. The van der Waals surface area contributed by atoms with Crippen LogP contribution < -0.4 is 5.32 Å². The topological polar surface area (TPSA) is 15.3 Å². The van der Waals surface area contributed by atoms with E-state index >= 15 is 0 Å². The van der Waals surface area contributed by atoms with E-state index in [1.165, 1.54) is 10.9 Å². The molecule has 1 aromatic heterocycles. The fourth-order valence-electron chi connectivity index (χ4n) is 1.79. The third-order valence-corrected chi connectivity index (χ3v) is 3.79. The summed E-state index contributed by atoms with van der Waals surface area (Å²) in [5.41, 5.74) is 0. The van der Waals surface area contributed by atoms with Gasteiger partial charge in [0, 0.05) is 29.2 Å². The van der Waals surface area contributed by atoms with Crippen molar-refractivity contribution in [3.63, 3.8) is 0 Å². The quantitative estimate of drug-likeness (QED) is 0.880. The van der Waals surface area contributed by atoms with E-state index in [9.17, 15) is 4.39 Å². The molecule has 0 saturated heterocycles. The minimum Gasteiger partial charge on any atom is -0.318 e. The first-order valence-corrected chi connectivity index (χ1v) is 6.52. The fraction of sp³-hybridized carbons (Fsp3) is 0.385. The number of halogens is 1. The first kappa shape index (κ1) is 12.5. The second-order valence-corrected chi connectivity index (χ2v) is 5.40. The van der Waals surface area contributed by atoms with Gasteiger partial charge in [-0.2, -0.15) is 0 Å². The van der Waals surface area contributed by atoms with Gasteiger partial charge in [-0.3, -0.25) is 0 Å². The number of hydrogen-bond acceptors (Lipinski definition) is 3. The van der Waals surface area contributed by atoms with E-state index < -0.39 is 0 Å². The maximum Gasteiger partial charge on any atom is 0.124 e. The molecule has 4 heteroatoms.